The number of nitrogens with two attached hydrogens (primary N) is 1. The molecule has 8 nitrogen and oxygen atoms in total. The van der Waals surface area contributed by atoms with Crippen LogP contribution in [0.2, 0.25) is 5.02 Å². The molecular formula is C25H30ClN7OS. The third-order valence-corrected chi connectivity index (χ3v) is 6.88. The van der Waals surface area contributed by atoms with Crippen LogP contribution in [0.3, 0.4) is 0 Å². The molecule has 2 saturated heterocycles. The van der Waals surface area contributed by atoms with Crippen LogP contribution in [0, 0.1) is 24.2 Å². The van der Waals surface area contributed by atoms with E-state index in [1.807, 2.05) is 24.1 Å². The van der Waals surface area contributed by atoms with Gasteiger partial charge in [0.15, 0.2) is 5.65 Å². The first-order valence-electron chi connectivity index (χ1n) is 11.8. The number of aromatic nitrogens is 3. The molecule has 2 N–H and O–H groups in total. The second kappa shape index (κ2) is 10.8. The van der Waals surface area contributed by atoms with Crippen molar-refractivity contribution >= 4 is 47.3 Å². The van der Waals surface area contributed by atoms with Gasteiger partial charge in [-0.25, -0.2) is 9.50 Å². The van der Waals surface area contributed by atoms with Crippen molar-refractivity contribution in [1.82, 2.24) is 19.5 Å². The van der Waals surface area contributed by atoms with Crippen LogP contribution in [0.1, 0.15) is 53.3 Å². The van der Waals surface area contributed by atoms with Crippen molar-refractivity contribution in [1.29, 1.82) is 5.26 Å². The molecular weight excluding hydrogens is 482 g/mol. The number of piperidine rings is 1. The fraction of sp³-hybridized carbons (Fsp3) is 0.440. The number of aryl methyl sites for hydroxylation is 1. The lowest BCUT2D eigenvalue weighted by atomic mass is 9.98. The Morgan fingerprint density at radius 3 is 2.77 bits per heavy atom. The maximum Gasteiger partial charge on any atom is 0.256 e. The Kier molecular flexibility index (Phi) is 7.72. The van der Waals surface area contributed by atoms with Crippen molar-refractivity contribution in [3.63, 3.8) is 0 Å². The van der Waals surface area contributed by atoms with Gasteiger partial charge < -0.3 is 15.5 Å². The van der Waals surface area contributed by atoms with Crippen molar-refractivity contribution in [3.8, 4) is 6.07 Å². The van der Waals surface area contributed by atoms with Gasteiger partial charge in [-0.1, -0.05) is 11.6 Å². The first-order valence-corrected chi connectivity index (χ1v) is 13.0. The van der Waals surface area contributed by atoms with Crippen LogP contribution >= 0.6 is 24.2 Å². The highest BCUT2D eigenvalue weighted by Gasteiger charge is 2.32. The normalized spacial score (nSPS) is 19.9. The number of hydrogen-bond donors (Lipinski definition) is 2. The Morgan fingerprint density at radius 2 is 2.03 bits per heavy atom. The smallest absolute Gasteiger partial charge is 0.256 e. The number of rotatable bonds is 3. The lowest BCUT2D eigenvalue weighted by Gasteiger charge is -2.35. The molecule has 0 saturated carbocycles. The first-order chi connectivity index (χ1) is 16.9. The minimum atomic E-state index is -0.148. The third kappa shape index (κ3) is 5.04. The molecule has 0 aliphatic carbocycles. The number of hydrogen-bond acceptors (Lipinski definition) is 7. The van der Waals surface area contributed by atoms with Crippen LogP contribution in [-0.2, 0) is 0 Å². The SMILES string of the molecule is CS.Cc1cn2nc(C3CCCCN3C(=O)c3cc(Cl)ccc3N)cc2nc1N1CCC(C#N)C1. The van der Waals surface area contributed by atoms with Crippen LogP contribution in [0.15, 0.2) is 30.5 Å². The Morgan fingerprint density at radius 1 is 1.23 bits per heavy atom. The maximum atomic E-state index is 13.4. The van der Waals surface area contributed by atoms with Gasteiger partial charge in [0.05, 0.1) is 29.3 Å². The van der Waals surface area contributed by atoms with Gasteiger partial charge in [-0.05, 0) is 57.1 Å². The molecule has 35 heavy (non-hydrogen) atoms. The molecule has 10 heteroatoms. The zero-order valence-electron chi connectivity index (χ0n) is 20.0. The Hall–Kier alpha value is -2.96. The van der Waals surface area contributed by atoms with Gasteiger partial charge in [-0.3, -0.25) is 4.79 Å². The van der Waals surface area contributed by atoms with Crippen LogP contribution in [0.25, 0.3) is 5.65 Å². The van der Waals surface area contributed by atoms with Gasteiger partial charge in [0, 0.05) is 48.2 Å². The molecule has 5 rings (SSSR count). The number of nitrogens with zero attached hydrogens (tertiary/aromatic N) is 6. The first kappa shape index (κ1) is 25.1. The number of likely N-dealkylation sites (tertiary alicyclic amines) is 1. The zero-order valence-corrected chi connectivity index (χ0v) is 21.6. The summed E-state index contributed by atoms with van der Waals surface area (Å²) in [5.41, 5.74) is 9.52. The van der Waals surface area contributed by atoms with E-state index in [2.05, 4.69) is 23.6 Å². The molecule has 1 amide bonds. The Bertz CT molecular complexity index is 1270. The minimum absolute atomic E-state index is 0.0450. The molecule has 2 fully saturated rings. The summed E-state index contributed by atoms with van der Waals surface area (Å²) in [6.45, 7) is 4.19. The fourth-order valence-corrected chi connectivity index (χ4v) is 5.08. The van der Waals surface area contributed by atoms with E-state index in [4.69, 9.17) is 27.4 Å². The molecule has 1 aromatic carbocycles. The second-order valence-corrected chi connectivity index (χ2v) is 9.36. The molecule has 0 spiro atoms. The fourth-order valence-electron chi connectivity index (χ4n) is 4.91. The van der Waals surface area contributed by atoms with Gasteiger partial charge >= 0.3 is 0 Å². The van der Waals surface area contributed by atoms with E-state index in [0.717, 1.165) is 55.0 Å². The van der Waals surface area contributed by atoms with Crippen molar-refractivity contribution in [2.24, 2.45) is 5.92 Å². The minimum Gasteiger partial charge on any atom is -0.398 e. The van der Waals surface area contributed by atoms with Crippen LogP contribution in [-0.4, -0.2) is 51.3 Å². The third-order valence-electron chi connectivity index (χ3n) is 6.65. The number of fused-ring (bicyclic) bond motifs is 1. The number of halogens is 1. The van der Waals surface area contributed by atoms with E-state index in [-0.39, 0.29) is 17.9 Å². The van der Waals surface area contributed by atoms with E-state index in [0.29, 0.717) is 29.4 Å². The summed E-state index contributed by atoms with van der Waals surface area (Å²) in [4.78, 5) is 22.3. The lowest BCUT2D eigenvalue weighted by molar-refractivity contribution is 0.0607. The summed E-state index contributed by atoms with van der Waals surface area (Å²) >= 11 is 9.66. The van der Waals surface area contributed by atoms with E-state index in [9.17, 15) is 10.1 Å². The monoisotopic (exact) mass is 511 g/mol. The van der Waals surface area contributed by atoms with Crippen LogP contribution < -0.4 is 10.6 Å². The molecule has 2 unspecified atom stereocenters. The van der Waals surface area contributed by atoms with E-state index >= 15 is 0 Å². The summed E-state index contributed by atoms with van der Waals surface area (Å²) < 4.78 is 1.79. The number of anilines is 2. The molecule has 184 valence electrons. The Balaban J connectivity index is 0.00000141. The number of amides is 1. The van der Waals surface area contributed by atoms with Gasteiger partial charge in [0.25, 0.3) is 5.91 Å². The molecule has 2 aliphatic rings. The highest BCUT2D eigenvalue weighted by Crippen LogP contribution is 2.34. The maximum absolute atomic E-state index is 13.4. The van der Waals surface area contributed by atoms with Gasteiger partial charge in [-0.15, -0.1) is 0 Å². The number of carbonyl (C=O) groups excluding carboxylic acids is 1. The van der Waals surface area contributed by atoms with Crippen molar-refractivity contribution < 1.29 is 4.79 Å². The van der Waals surface area contributed by atoms with Crippen molar-refractivity contribution in [3.05, 3.63) is 52.3 Å². The predicted molar refractivity (Wildman–Crippen MR) is 142 cm³/mol. The average molecular weight is 512 g/mol. The number of nitrogen functional groups attached to an aromatic ring is 1. The zero-order chi connectivity index (χ0) is 25.1. The topological polar surface area (TPSA) is 104 Å². The van der Waals surface area contributed by atoms with Crippen molar-refractivity contribution in [2.45, 2.75) is 38.6 Å². The molecule has 4 heterocycles. The van der Waals surface area contributed by atoms with Crippen LogP contribution in [0.5, 0.6) is 0 Å². The van der Waals surface area contributed by atoms with Gasteiger partial charge in [-0.2, -0.15) is 23.0 Å². The van der Waals surface area contributed by atoms with Gasteiger partial charge in [0.1, 0.15) is 5.82 Å². The average Bonchev–Trinajstić information content (AvgIpc) is 3.52. The van der Waals surface area contributed by atoms with Gasteiger partial charge in [0.2, 0.25) is 0 Å². The quantitative estimate of drug-likeness (QED) is 0.395. The summed E-state index contributed by atoms with van der Waals surface area (Å²) in [6.07, 6.45) is 7.32. The summed E-state index contributed by atoms with van der Waals surface area (Å²) in [5.74, 6) is 0.819. The van der Waals surface area contributed by atoms with Crippen LogP contribution in [0.4, 0.5) is 11.5 Å². The summed E-state index contributed by atoms with van der Waals surface area (Å²) in [7, 11) is 0. The predicted octanol–water partition coefficient (Wildman–Crippen LogP) is 4.54. The molecule has 0 radical (unpaired) electrons. The summed E-state index contributed by atoms with van der Waals surface area (Å²) in [6, 6.07) is 9.18. The highest BCUT2D eigenvalue weighted by atomic mass is 35.5. The largest absolute Gasteiger partial charge is 0.398 e. The molecule has 0 bridgehead atoms. The molecule has 2 atom stereocenters. The highest BCUT2D eigenvalue weighted by molar-refractivity contribution is 7.79. The van der Waals surface area contributed by atoms with Crippen molar-refractivity contribution in [2.75, 3.05) is 36.5 Å². The van der Waals surface area contributed by atoms with E-state index in [1.165, 1.54) is 0 Å². The van der Waals surface area contributed by atoms with E-state index in [1.54, 1.807) is 29.0 Å². The number of nitriles is 1. The molecule has 2 aliphatic heterocycles. The Labute approximate surface area is 216 Å². The number of benzene rings is 1. The summed E-state index contributed by atoms with van der Waals surface area (Å²) in [5, 5.41) is 14.5. The lowest BCUT2D eigenvalue weighted by Crippen LogP contribution is -2.39. The number of thiol groups is 1. The second-order valence-electron chi connectivity index (χ2n) is 8.92. The number of carbonyl (C=O) groups is 1. The van der Waals surface area contributed by atoms with E-state index < -0.39 is 0 Å². The molecule has 3 aromatic rings. The standard InChI is InChI=1S/C24H26ClN7O.CH4S/c1-15-13-32-22(28-23(15)30-9-7-16(12-26)14-30)11-20(29-32)21-4-2-3-8-31(21)24(33)18-10-17(25)5-6-19(18)27;1-2/h5-6,10-11,13,16,21H,2-4,7-9,14,27H2,1H3;2H,1H3. The molecule has 2 aromatic heterocycles.